The summed E-state index contributed by atoms with van der Waals surface area (Å²) < 4.78 is 4.69. The van der Waals surface area contributed by atoms with Crippen molar-refractivity contribution in [3.63, 3.8) is 0 Å². The third-order valence-electron chi connectivity index (χ3n) is 3.72. The molecule has 1 aromatic rings. The van der Waals surface area contributed by atoms with Crippen molar-refractivity contribution in [3.8, 4) is 0 Å². The van der Waals surface area contributed by atoms with Crippen molar-refractivity contribution in [2.75, 3.05) is 30.8 Å². The lowest BCUT2D eigenvalue weighted by Crippen LogP contribution is -2.38. The van der Waals surface area contributed by atoms with Gasteiger partial charge >= 0.3 is 5.97 Å². The fourth-order valence-electron chi connectivity index (χ4n) is 2.25. The van der Waals surface area contributed by atoms with Crippen molar-refractivity contribution in [1.82, 2.24) is 4.98 Å². The molecule has 2 N–H and O–H groups in total. The molecule has 1 aliphatic heterocycles. The highest BCUT2D eigenvalue weighted by atomic mass is 16.5. The Bertz CT molecular complexity index is 476. The second kappa shape index (κ2) is 5.07. The molecular formula is C14H21N3O2. The molecule has 104 valence electrons. The summed E-state index contributed by atoms with van der Waals surface area (Å²) in [5.74, 6) is 0.261. The van der Waals surface area contributed by atoms with Crippen LogP contribution < -0.4 is 10.6 Å². The largest absolute Gasteiger partial charge is 0.464 e. The molecule has 1 aliphatic rings. The maximum Gasteiger partial charge on any atom is 0.356 e. The second-order valence-corrected chi connectivity index (χ2v) is 5.75. The Labute approximate surface area is 113 Å². The average molecular weight is 263 g/mol. The van der Waals surface area contributed by atoms with Crippen LogP contribution in [0.15, 0.2) is 12.1 Å². The summed E-state index contributed by atoms with van der Waals surface area (Å²) in [7, 11) is 1.35. The topological polar surface area (TPSA) is 68.5 Å². The maximum atomic E-state index is 11.5. The number of pyridine rings is 1. The number of esters is 1. The number of hydrogen-bond acceptors (Lipinski definition) is 5. The monoisotopic (exact) mass is 263 g/mol. The van der Waals surface area contributed by atoms with E-state index in [1.165, 1.54) is 7.11 Å². The first kappa shape index (κ1) is 13.6. The molecule has 5 nitrogen and oxygen atoms in total. The van der Waals surface area contributed by atoms with Gasteiger partial charge in [-0.05, 0) is 30.4 Å². The van der Waals surface area contributed by atoms with Crippen molar-refractivity contribution >= 4 is 17.5 Å². The molecule has 5 heteroatoms. The predicted octanol–water partition coefficient (Wildman–Crippen LogP) is 2.08. The SMILES string of the molecule is COC(=O)c1ccc(N)c(N2CCC(C)(C)CC2)n1. The first-order valence-electron chi connectivity index (χ1n) is 6.53. The highest BCUT2D eigenvalue weighted by Crippen LogP contribution is 2.33. The predicted molar refractivity (Wildman–Crippen MR) is 75.2 cm³/mol. The molecular weight excluding hydrogens is 242 g/mol. The summed E-state index contributed by atoms with van der Waals surface area (Å²) in [5, 5.41) is 0. The van der Waals surface area contributed by atoms with Crippen molar-refractivity contribution < 1.29 is 9.53 Å². The number of anilines is 2. The standard InChI is InChI=1S/C14H21N3O2/c1-14(2)6-8-17(9-7-14)12-10(15)4-5-11(16-12)13(18)19-3/h4-5H,6-9,15H2,1-3H3. The second-order valence-electron chi connectivity index (χ2n) is 5.75. The van der Waals surface area contributed by atoms with Crippen LogP contribution in [0.25, 0.3) is 0 Å². The molecule has 0 amide bonds. The molecule has 1 saturated heterocycles. The van der Waals surface area contributed by atoms with Gasteiger partial charge in [0.15, 0.2) is 11.5 Å². The third kappa shape index (κ3) is 2.97. The maximum absolute atomic E-state index is 11.5. The van der Waals surface area contributed by atoms with Crippen LogP contribution in [-0.4, -0.2) is 31.2 Å². The van der Waals surface area contributed by atoms with E-state index in [1.54, 1.807) is 12.1 Å². The number of methoxy groups -OCH3 is 1. The average Bonchev–Trinajstić information content (AvgIpc) is 2.39. The smallest absolute Gasteiger partial charge is 0.356 e. The highest BCUT2D eigenvalue weighted by molar-refractivity contribution is 5.88. The Morgan fingerprint density at radius 2 is 2.00 bits per heavy atom. The molecule has 0 saturated carbocycles. The number of nitrogens with two attached hydrogens (primary N) is 1. The van der Waals surface area contributed by atoms with Crippen LogP contribution in [0.4, 0.5) is 11.5 Å². The summed E-state index contributed by atoms with van der Waals surface area (Å²) >= 11 is 0. The highest BCUT2D eigenvalue weighted by Gasteiger charge is 2.27. The van der Waals surface area contributed by atoms with Gasteiger partial charge in [0.1, 0.15) is 0 Å². The quantitative estimate of drug-likeness (QED) is 0.827. The van der Waals surface area contributed by atoms with Crippen molar-refractivity contribution in [1.29, 1.82) is 0 Å². The molecule has 19 heavy (non-hydrogen) atoms. The summed E-state index contributed by atoms with van der Waals surface area (Å²) in [5.41, 5.74) is 7.25. The number of aromatic nitrogens is 1. The van der Waals surface area contributed by atoms with Crippen LogP contribution in [0.3, 0.4) is 0 Å². The number of nitrogen functional groups attached to an aromatic ring is 1. The van der Waals surface area contributed by atoms with Crippen LogP contribution in [0.2, 0.25) is 0 Å². The van der Waals surface area contributed by atoms with Crippen LogP contribution in [0.5, 0.6) is 0 Å². The van der Waals surface area contributed by atoms with E-state index < -0.39 is 5.97 Å². The normalized spacial score (nSPS) is 18.2. The van der Waals surface area contributed by atoms with Crippen molar-refractivity contribution in [3.05, 3.63) is 17.8 Å². The van der Waals surface area contributed by atoms with E-state index in [1.807, 2.05) is 0 Å². The van der Waals surface area contributed by atoms with E-state index in [2.05, 4.69) is 23.7 Å². The fourth-order valence-corrected chi connectivity index (χ4v) is 2.25. The number of nitrogens with zero attached hydrogens (tertiary/aromatic N) is 2. The van der Waals surface area contributed by atoms with Gasteiger partial charge in [0.25, 0.3) is 0 Å². The lowest BCUT2D eigenvalue weighted by molar-refractivity contribution is 0.0594. The van der Waals surface area contributed by atoms with E-state index >= 15 is 0 Å². The molecule has 0 radical (unpaired) electrons. The zero-order valence-electron chi connectivity index (χ0n) is 11.8. The van der Waals surface area contributed by atoms with Gasteiger partial charge in [0.2, 0.25) is 0 Å². The first-order valence-corrected chi connectivity index (χ1v) is 6.53. The Morgan fingerprint density at radius 3 is 2.58 bits per heavy atom. The Hall–Kier alpha value is -1.78. The summed E-state index contributed by atoms with van der Waals surface area (Å²) in [6, 6.07) is 3.31. The zero-order valence-corrected chi connectivity index (χ0v) is 11.8. The van der Waals surface area contributed by atoms with Gasteiger partial charge in [-0.25, -0.2) is 9.78 Å². The number of hydrogen-bond donors (Lipinski definition) is 1. The zero-order chi connectivity index (χ0) is 14.0. The fraction of sp³-hybridized carbons (Fsp3) is 0.571. The van der Waals surface area contributed by atoms with E-state index in [0.717, 1.165) is 25.9 Å². The van der Waals surface area contributed by atoms with Crippen molar-refractivity contribution in [2.45, 2.75) is 26.7 Å². The van der Waals surface area contributed by atoms with Crippen LogP contribution in [-0.2, 0) is 4.74 Å². The van der Waals surface area contributed by atoms with Crippen molar-refractivity contribution in [2.24, 2.45) is 5.41 Å². The van der Waals surface area contributed by atoms with E-state index in [4.69, 9.17) is 10.5 Å². The van der Waals surface area contributed by atoms with Gasteiger partial charge in [0, 0.05) is 13.1 Å². The van der Waals surface area contributed by atoms with Gasteiger partial charge < -0.3 is 15.4 Å². The van der Waals surface area contributed by atoms with Crippen LogP contribution in [0, 0.1) is 5.41 Å². The minimum absolute atomic E-state index is 0.302. The first-order chi connectivity index (χ1) is 8.93. The molecule has 2 rings (SSSR count). The lowest BCUT2D eigenvalue weighted by atomic mass is 9.83. The molecule has 1 fully saturated rings. The minimum Gasteiger partial charge on any atom is -0.464 e. The lowest BCUT2D eigenvalue weighted by Gasteiger charge is -2.38. The third-order valence-corrected chi connectivity index (χ3v) is 3.72. The summed E-state index contributed by atoms with van der Waals surface area (Å²) in [6.45, 7) is 6.36. The molecule has 0 unspecified atom stereocenters. The van der Waals surface area contributed by atoms with Gasteiger partial charge in [-0.2, -0.15) is 0 Å². The summed E-state index contributed by atoms with van der Waals surface area (Å²) in [4.78, 5) is 18.0. The van der Waals surface area contributed by atoms with E-state index in [9.17, 15) is 4.79 Å². The van der Waals surface area contributed by atoms with Gasteiger partial charge in [-0.1, -0.05) is 13.8 Å². The van der Waals surface area contributed by atoms with E-state index in [-0.39, 0.29) is 0 Å². The number of carbonyl (C=O) groups excluding carboxylic acids is 1. The Balaban J connectivity index is 2.22. The molecule has 0 aromatic carbocycles. The molecule has 2 heterocycles. The number of carbonyl (C=O) groups is 1. The minimum atomic E-state index is -0.432. The Kier molecular flexibility index (Phi) is 3.64. The number of ether oxygens (including phenoxy) is 1. The number of piperidine rings is 1. The van der Waals surface area contributed by atoms with Gasteiger partial charge in [-0.15, -0.1) is 0 Å². The molecule has 1 aromatic heterocycles. The molecule has 0 bridgehead atoms. The van der Waals surface area contributed by atoms with Gasteiger partial charge in [0.05, 0.1) is 12.8 Å². The number of rotatable bonds is 2. The van der Waals surface area contributed by atoms with Crippen LogP contribution in [0.1, 0.15) is 37.2 Å². The van der Waals surface area contributed by atoms with E-state index in [0.29, 0.717) is 22.6 Å². The van der Waals surface area contributed by atoms with Gasteiger partial charge in [-0.3, -0.25) is 0 Å². The Morgan fingerprint density at radius 1 is 1.37 bits per heavy atom. The summed E-state index contributed by atoms with van der Waals surface area (Å²) in [6.07, 6.45) is 2.19. The molecule has 0 aliphatic carbocycles. The molecule has 0 atom stereocenters. The van der Waals surface area contributed by atoms with Crippen LogP contribution >= 0.6 is 0 Å². The molecule has 0 spiro atoms.